The van der Waals surface area contributed by atoms with E-state index in [2.05, 4.69) is 0 Å². The van der Waals surface area contributed by atoms with E-state index in [0.29, 0.717) is 24.5 Å². The highest BCUT2D eigenvalue weighted by Gasteiger charge is 2.34. The minimum atomic E-state index is -3.13. The van der Waals surface area contributed by atoms with E-state index in [1.807, 2.05) is 30.3 Å². The van der Waals surface area contributed by atoms with Gasteiger partial charge in [0.1, 0.15) is 5.75 Å². The Bertz CT molecular complexity index is 942. The van der Waals surface area contributed by atoms with Gasteiger partial charge in [0.15, 0.2) is 27.9 Å². The zero-order chi connectivity index (χ0) is 20.9. The van der Waals surface area contributed by atoms with Crippen LogP contribution in [-0.4, -0.2) is 57.6 Å². The molecule has 156 valence electrons. The summed E-state index contributed by atoms with van der Waals surface area (Å²) >= 11 is 0. The number of hydrogen-bond acceptors (Lipinski definition) is 6. The molecule has 7 nitrogen and oxygen atoms in total. The number of para-hydroxylation sites is 2. The Morgan fingerprint density at radius 2 is 1.72 bits per heavy atom. The van der Waals surface area contributed by atoms with E-state index in [-0.39, 0.29) is 30.1 Å². The molecule has 1 heterocycles. The lowest BCUT2D eigenvalue weighted by molar-refractivity contribution is -0.136. The first-order valence-electron chi connectivity index (χ1n) is 9.30. The predicted molar refractivity (Wildman–Crippen MR) is 109 cm³/mol. The summed E-state index contributed by atoms with van der Waals surface area (Å²) in [5.41, 5.74) is 0.890. The van der Waals surface area contributed by atoms with E-state index in [4.69, 9.17) is 14.2 Å². The molecule has 8 heteroatoms. The summed E-state index contributed by atoms with van der Waals surface area (Å²) < 4.78 is 40.0. The Kier molecular flexibility index (Phi) is 6.64. The lowest BCUT2D eigenvalue weighted by Crippen LogP contribution is -2.43. The van der Waals surface area contributed by atoms with Crippen molar-refractivity contribution in [3.05, 3.63) is 54.1 Å². The number of ether oxygens (including phenoxy) is 3. The molecule has 0 radical (unpaired) electrons. The minimum absolute atomic E-state index is 0.0243. The predicted octanol–water partition coefficient (Wildman–Crippen LogP) is 2.30. The second kappa shape index (κ2) is 9.17. The molecule has 3 rings (SSSR count). The standard InChI is InChI=1S/C21H25NO6S/c1-26-18-9-7-16(8-10-18)13-22(17-11-12-29(24,25)15-17)21(23)14-28-20-6-4-3-5-19(20)27-2/h3-10,17H,11-15H2,1-2H3/t17-/m1/s1. The third-order valence-corrected chi connectivity index (χ3v) is 6.65. The van der Waals surface area contributed by atoms with E-state index < -0.39 is 9.84 Å². The van der Waals surface area contributed by atoms with Gasteiger partial charge < -0.3 is 19.1 Å². The van der Waals surface area contributed by atoms with Crippen LogP contribution in [0, 0.1) is 0 Å². The Balaban J connectivity index is 1.75. The molecule has 0 bridgehead atoms. The SMILES string of the molecule is COc1ccc(CN(C(=O)COc2ccccc2OC)[C@@H]2CCS(=O)(=O)C2)cc1. The highest BCUT2D eigenvalue weighted by atomic mass is 32.2. The number of carbonyl (C=O) groups is 1. The van der Waals surface area contributed by atoms with Gasteiger partial charge in [0.25, 0.3) is 5.91 Å². The highest BCUT2D eigenvalue weighted by Crippen LogP contribution is 2.26. The molecule has 0 unspecified atom stereocenters. The first-order valence-corrected chi connectivity index (χ1v) is 11.1. The summed E-state index contributed by atoms with van der Waals surface area (Å²) in [7, 11) is -0.0116. The van der Waals surface area contributed by atoms with Crippen LogP contribution in [0.15, 0.2) is 48.5 Å². The van der Waals surface area contributed by atoms with Crippen LogP contribution in [0.1, 0.15) is 12.0 Å². The average Bonchev–Trinajstić information content (AvgIpc) is 3.10. The first kappa shape index (κ1) is 21.0. The molecule has 0 N–H and O–H groups in total. The van der Waals surface area contributed by atoms with Gasteiger partial charge in [-0.3, -0.25) is 4.79 Å². The third kappa shape index (κ3) is 5.41. The van der Waals surface area contributed by atoms with Gasteiger partial charge >= 0.3 is 0 Å². The smallest absolute Gasteiger partial charge is 0.261 e. The van der Waals surface area contributed by atoms with Crippen molar-refractivity contribution in [1.82, 2.24) is 4.90 Å². The maximum Gasteiger partial charge on any atom is 0.261 e. The molecule has 2 aromatic rings. The largest absolute Gasteiger partial charge is 0.497 e. The van der Waals surface area contributed by atoms with E-state index in [1.54, 1.807) is 30.2 Å². The molecule has 0 aromatic heterocycles. The van der Waals surface area contributed by atoms with Crippen LogP contribution in [0.5, 0.6) is 17.2 Å². The molecule has 1 atom stereocenters. The Morgan fingerprint density at radius 3 is 2.31 bits per heavy atom. The normalized spacial score (nSPS) is 17.5. The number of sulfone groups is 1. The van der Waals surface area contributed by atoms with Gasteiger partial charge in [-0.25, -0.2) is 8.42 Å². The molecular formula is C21H25NO6S. The topological polar surface area (TPSA) is 82.1 Å². The monoisotopic (exact) mass is 419 g/mol. The number of rotatable bonds is 8. The van der Waals surface area contributed by atoms with Crippen LogP contribution < -0.4 is 14.2 Å². The third-order valence-electron chi connectivity index (χ3n) is 4.90. The molecule has 1 aliphatic rings. The van der Waals surface area contributed by atoms with Gasteiger partial charge in [-0.15, -0.1) is 0 Å². The first-order chi connectivity index (χ1) is 13.9. The zero-order valence-corrected chi connectivity index (χ0v) is 17.4. The summed E-state index contributed by atoms with van der Waals surface area (Å²) in [5.74, 6) is 1.52. The lowest BCUT2D eigenvalue weighted by atomic mass is 10.1. The minimum Gasteiger partial charge on any atom is -0.497 e. The average molecular weight is 419 g/mol. The zero-order valence-electron chi connectivity index (χ0n) is 16.5. The van der Waals surface area contributed by atoms with Crippen LogP contribution in [0.2, 0.25) is 0 Å². The summed E-state index contributed by atoms with van der Waals surface area (Å²) in [4.78, 5) is 14.6. The molecule has 1 saturated heterocycles. The number of benzene rings is 2. The second-order valence-corrected chi connectivity index (χ2v) is 9.09. The van der Waals surface area contributed by atoms with Crippen LogP contribution in [0.25, 0.3) is 0 Å². The summed E-state index contributed by atoms with van der Waals surface area (Å²) in [6.45, 7) is 0.103. The molecule has 29 heavy (non-hydrogen) atoms. The summed E-state index contributed by atoms with van der Waals surface area (Å²) in [5, 5.41) is 0. The van der Waals surface area contributed by atoms with Crippen LogP contribution >= 0.6 is 0 Å². The molecule has 0 saturated carbocycles. The summed E-state index contributed by atoms with van der Waals surface area (Å²) in [6, 6.07) is 14.1. The van der Waals surface area contributed by atoms with Crippen molar-refractivity contribution in [1.29, 1.82) is 0 Å². The van der Waals surface area contributed by atoms with Crippen molar-refractivity contribution in [2.24, 2.45) is 0 Å². The number of hydrogen-bond donors (Lipinski definition) is 0. The fourth-order valence-electron chi connectivity index (χ4n) is 3.33. The van der Waals surface area contributed by atoms with Gasteiger partial charge in [0.05, 0.1) is 25.7 Å². The van der Waals surface area contributed by atoms with E-state index >= 15 is 0 Å². The number of methoxy groups -OCH3 is 2. The molecule has 1 aliphatic heterocycles. The van der Waals surface area contributed by atoms with Gasteiger partial charge in [-0.1, -0.05) is 24.3 Å². The van der Waals surface area contributed by atoms with Crippen molar-refractivity contribution in [2.75, 3.05) is 32.3 Å². The molecule has 1 fully saturated rings. The van der Waals surface area contributed by atoms with Crippen molar-refractivity contribution < 1.29 is 27.4 Å². The van der Waals surface area contributed by atoms with E-state index in [9.17, 15) is 13.2 Å². The van der Waals surface area contributed by atoms with Crippen molar-refractivity contribution in [3.8, 4) is 17.2 Å². The van der Waals surface area contributed by atoms with Crippen molar-refractivity contribution in [2.45, 2.75) is 19.0 Å². The molecule has 2 aromatic carbocycles. The molecular weight excluding hydrogens is 394 g/mol. The van der Waals surface area contributed by atoms with Gasteiger partial charge in [-0.05, 0) is 36.2 Å². The van der Waals surface area contributed by atoms with Gasteiger partial charge in [-0.2, -0.15) is 0 Å². The Morgan fingerprint density at radius 1 is 1.03 bits per heavy atom. The van der Waals surface area contributed by atoms with Gasteiger partial charge in [0, 0.05) is 12.6 Å². The summed E-state index contributed by atoms with van der Waals surface area (Å²) in [6.07, 6.45) is 0.429. The number of amides is 1. The quantitative estimate of drug-likeness (QED) is 0.653. The van der Waals surface area contributed by atoms with Crippen molar-refractivity contribution in [3.63, 3.8) is 0 Å². The Hall–Kier alpha value is -2.74. The van der Waals surface area contributed by atoms with Crippen LogP contribution in [-0.2, 0) is 21.2 Å². The van der Waals surface area contributed by atoms with Crippen LogP contribution in [0.4, 0.5) is 0 Å². The fourth-order valence-corrected chi connectivity index (χ4v) is 5.06. The molecule has 0 spiro atoms. The maximum atomic E-state index is 13.0. The lowest BCUT2D eigenvalue weighted by Gasteiger charge is -2.28. The highest BCUT2D eigenvalue weighted by molar-refractivity contribution is 7.91. The Labute approximate surface area is 171 Å². The second-order valence-electron chi connectivity index (χ2n) is 6.87. The van der Waals surface area contributed by atoms with E-state index in [1.165, 1.54) is 7.11 Å². The fraction of sp³-hybridized carbons (Fsp3) is 0.381. The van der Waals surface area contributed by atoms with E-state index in [0.717, 1.165) is 11.3 Å². The number of nitrogens with zero attached hydrogens (tertiary/aromatic N) is 1. The van der Waals surface area contributed by atoms with Gasteiger partial charge in [0.2, 0.25) is 0 Å². The van der Waals surface area contributed by atoms with Crippen LogP contribution in [0.3, 0.4) is 0 Å². The molecule has 0 aliphatic carbocycles. The number of carbonyl (C=O) groups excluding carboxylic acids is 1. The molecule has 1 amide bonds. The van der Waals surface area contributed by atoms with Crippen molar-refractivity contribution >= 4 is 15.7 Å². The maximum absolute atomic E-state index is 13.0.